The van der Waals surface area contributed by atoms with Crippen molar-refractivity contribution in [3.63, 3.8) is 0 Å². The van der Waals surface area contributed by atoms with Gasteiger partial charge in [0.1, 0.15) is 6.04 Å². The van der Waals surface area contributed by atoms with E-state index in [4.69, 9.17) is 5.11 Å². The van der Waals surface area contributed by atoms with Crippen molar-refractivity contribution in [2.45, 2.75) is 25.5 Å². The molecule has 2 atom stereocenters. The maximum absolute atomic E-state index is 12.4. The smallest absolute Gasteiger partial charge is 0.326 e. The van der Waals surface area contributed by atoms with Crippen LogP contribution >= 0.6 is 15.9 Å². The van der Waals surface area contributed by atoms with Crippen molar-refractivity contribution >= 4 is 27.8 Å². The highest BCUT2D eigenvalue weighted by Crippen LogP contribution is 2.26. The lowest BCUT2D eigenvalue weighted by Gasteiger charge is -2.22. The van der Waals surface area contributed by atoms with Crippen LogP contribution in [0.2, 0.25) is 0 Å². The number of carboxylic acids is 1. The molecule has 0 aliphatic carbocycles. The number of benzene rings is 1. The van der Waals surface area contributed by atoms with Crippen LogP contribution in [0.4, 0.5) is 0 Å². The average Bonchev–Trinajstić information content (AvgIpc) is 2.74. The largest absolute Gasteiger partial charge is 0.480 e. The molecule has 19 heavy (non-hydrogen) atoms. The number of hydrogen-bond donors (Lipinski definition) is 2. The van der Waals surface area contributed by atoms with Crippen LogP contribution in [0.5, 0.6) is 0 Å². The molecule has 1 fully saturated rings. The number of likely N-dealkylation sites (tertiary alicyclic amines) is 1. The van der Waals surface area contributed by atoms with E-state index in [1.54, 1.807) is 12.1 Å². The Morgan fingerprint density at radius 2 is 2.11 bits per heavy atom. The molecule has 0 unspecified atom stereocenters. The molecule has 1 aliphatic heterocycles. The standard InChI is InChI=1S/C13H14BrNO4/c1-7-3-2-4-9(11(7)14)12(17)15-6-8(16)5-10(15)13(18)19/h2-4,8,10,16H,5-6H2,1H3,(H,18,19)/t8-,10+/m1/s1. The maximum Gasteiger partial charge on any atom is 0.326 e. The number of hydrogen-bond acceptors (Lipinski definition) is 3. The van der Waals surface area contributed by atoms with Crippen LogP contribution in [0.15, 0.2) is 22.7 Å². The number of nitrogens with zero attached hydrogens (tertiary/aromatic N) is 1. The Hall–Kier alpha value is -1.40. The van der Waals surface area contributed by atoms with E-state index in [-0.39, 0.29) is 18.9 Å². The van der Waals surface area contributed by atoms with Crippen molar-refractivity contribution in [2.24, 2.45) is 0 Å². The van der Waals surface area contributed by atoms with Crippen LogP contribution in [0.3, 0.4) is 0 Å². The Kier molecular flexibility index (Phi) is 3.91. The van der Waals surface area contributed by atoms with Gasteiger partial charge in [-0.15, -0.1) is 0 Å². The Bertz CT molecular complexity index is 531. The van der Waals surface area contributed by atoms with E-state index in [2.05, 4.69) is 15.9 Å². The summed E-state index contributed by atoms with van der Waals surface area (Å²) in [5.74, 6) is -1.46. The molecule has 0 saturated carbocycles. The van der Waals surface area contributed by atoms with Gasteiger partial charge in [-0.2, -0.15) is 0 Å². The van der Waals surface area contributed by atoms with E-state index in [9.17, 15) is 14.7 Å². The van der Waals surface area contributed by atoms with Gasteiger partial charge < -0.3 is 15.1 Å². The van der Waals surface area contributed by atoms with Crippen molar-refractivity contribution in [2.75, 3.05) is 6.54 Å². The van der Waals surface area contributed by atoms with Gasteiger partial charge in [0.15, 0.2) is 0 Å². The highest BCUT2D eigenvalue weighted by molar-refractivity contribution is 9.10. The monoisotopic (exact) mass is 327 g/mol. The first-order valence-corrected chi connectivity index (χ1v) is 6.68. The first-order chi connectivity index (χ1) is 8.91. The normalized spacial score (nSPS) is 22.6. The summed E-state index contributed by atoms with van der Waals surface area (Å²) in [4.78, 5) is 24.7. The van der Waals surface area contributed by atoms with Gasteiger partial charge in [-0.3, -0.25) is 4.79 Å². The van der Waals surface area contributed by atoms with Crippen molar-refractivity contribution in [3.8, 4) is 0 Å². The number of β-amino-alcohol motifs (C(OH)–C–C–N with tert-alkyl or cyclic N) is 1. The third-order valence-corrected chi connectivity index (χ3v) is 4.30. The Labute approximate surface area is 119 Å². The summed E-state index contributed by atoms with van der Waals surface area (Å²) in [6.45, 7) is 1.91. The molecular weight excluding hydrogens is 314 g/mol. The van der Waals surface area contributed by atoms with Crippen molar-refractivity contribution < 1.29 is 19.8 Å². The lowest BCUT2D eigenvalue weighted by molar-refractivity contribution is -0.141. The number of aliphatic carboxylic acids is 1. The summed E-state index contributed by atoms with van der Waals surface area (Å²) >= 11 is 3.34. The summed E-state index contributed by atoms with van der Waals surface area (Å²) in [5.41, 5.74) is 1.32. The predicted octanol–water partition coefficient (Wildman–Crippen LogP) is 1.42. The topological polar surface area (TPSA) is 77.8 Å². The number of halogens is 1. The molecule has 1 aliphatic rings. The zero-order chi connectivity index (χ0) is 14.2. The Balaban J connectivity index is 2.33. The van der Waals surface area contributed by atoms with Gasteiger partial charge in [-0.05, 0) is 34.5 Å². The van der Waals surface area contributed by atoms with Gasteiger partial charge in [-0.1, -0.05) is 12.1 Å². The minimum absolute atomic E-state index is 0.0518. The molecule has 1 aromatic rings. The summed E-state index contributed by atoms with van der Waals surface area (Å²) in [5, 5.41) is 18.7. The van der Waals surface area contributed by atoms with Gasteiger partial charge in [0.25, 0.3) is 5.91 Å². The Morgan fingerprint density at radius 1 is 1.42 bits per heavy atom. The summed E-state index contributed by atoms with van der Waals surface area (Å²) in [6, 6.07) is 4.28. The van der Waals surface area contributed by atoms with Gasteiger partial charge in [0, 0.05) is 17.4 Å². The van der Waals surface area contributed by atoms with Crippen LogP contribution in [0.1, 0.15) is 22.3 Å². The number of amides is 1. The quantitative estimate of drug-likeness (QED) is 0.861. The number of carbonyl (C=O) groups excluding carboxylic acids is 1. The SMILES string of the molecule is Cc1cccc(C(=O)N2C[C@H](O)C[C@H]2C(=O)O)c1Br. The first-order valence-electron chi connectivity index (χ1n) is 5.88. The zero-order valence-electron chi connectivity index (χ0n) is 10.3. The molecular formula is C13H14BrNO4. The van der Waals surface area contributed by atoms with Crippen molar-refractivity contribution in [1.82, 2.24) is 4.90 Å². The highest BCUT2D eigenvalue weighted by atomic mass is 79.9. The lowest BCUT2D eigenvalue weighted by atomic mass is 10.1. The van der Waals surface area contributed by atoms with E-state index < -0.39 is 18.1 Å². The third kappa shape index (κ3) is 2.64. The number of aryl methyl sites for hydroxylation is 1. The predicted molar refractivity (Wildman–Crippen MR) is 72.0 cm³/mol. The molecule has 5 nitrogen and oxygen atoms in total. The van der Waals surface area contributed by atoms with Gasteiger partial charge in [-0.25, -0.2) is 4.79 Å². The second kappa shape index (κ2) is 5.30. The minimum Gasteiger partial charge on any atom is -0.480 e. The van der Waals surface area contributed by atoms with E-state index in [0.29, 0.717) is 10.0 Å². The van der Waals surface area contributed by atoms with E-state index in [1.165, 1.54) is 4.90 Å². The molecule has 1 heterocycles. The van der Waals surface area contributed by atoms with E-state index in [0.717, 1.165) is 5.56 Å². The number of carbonyl (C=O) groups is 2. The number of aliphatic hydroxyl groups excluding tert-OH is 1. The minimum atomic E-state index is -1.09. The fraction of sp³-hybridized carbons (Fsp3) is 0.385. The summed E-state index contributed by atoms with van der Waals surface area (Å²) in [7, 11) is 0. The molecule has 1 amide bonds. The molecule has 1 aromatic carbocycles. The van der Waals surface area contributed by atoms with Crippen LogP contribution in [-0.4, -0.2) is 45.7 Å². The zero-order valence-corrected chi connectivity index (χ0v) is 11.9. The van der Waals surface area contributed by atoms with Crippen LogP contribution < -0.4 is 0 Å². The van der Waals surface area contributed by atoms with Crippen LogP contribution in [0.25, 0.3) is 0 Å². The molecule has 2 N–H and O–H groups in total. The van der Waals surface area contributed by atoms with E-state index in [1.807, 2.05) is 13.0 Å². The fourth-order valence-corrected chi connectivity index (χ4v) is 2.67. The van der Waals surface area contributed by atoms with Crippen molar-refractivity contribution in [1.29, 1.82) is 0 Å². The Morgan fingerprint density at radius 3 is 2.74 bits per heavy atom. The van der Waals surface area contributed by atoms with Crippen molar-refractivity contribution in [3.05, 3.63) is 33.8 Å². The van der Waals surface area contributed by atoms with Crippen LogP contribution in [-0.2, 0) is 4.79 Å². The fourth-order valence-electron chi connectivity index (χ4n) is 2.24. The molecule has 0 aromatic heterocycles. The second-order valence-corrected chi connectivity index (χ2v) is 5.43. The maximum atomic E-state index is 12.4. The molecule has 1 saturated heterocycles. The molecule has 0 radical (unpaired) electrons. The van der Waals surface area contributed by atoms with Gasteiger partial charge in [0.2, 0.25) is 0 Å². The third-order valence-electron chi connectivity index (χ3n) is 3.25. The summed E-state index contributed by atoms with van der Waals surface area (Å²) < 4.78 is 0.658. The average molecular weight is 328 g/mol. The van der Waals surface area contributed by atoms with Gasteiger partial charge >= 0.3 is 5.97 Å². The highest BCUT2D eigenvalue weighted by Gasteiger charge is 2.39. The lowest BCUT2D eigenvalue weighted by Crippen LogP contribution is -2.40. The molecule has 102 valence electrons. The molecule has 2 rings (SSSR count). The summed E-state index contributed by atoms with van der Waals surface area (Å²) in [6.07, 6.45) is -0.710. The number of carboxylic acid groups (broad SMARTS) is 1. The van der Waals surface area contributed by atoms with E-state index >= 15 is 0 Å². The molecule has 0 spiro atoms. The van der Waals surface area contributed by atoms with Gasteiger partial charge in [0.05, 0.1) is 11.7 Å². The first kappa shape index (κ1) is 14.0. The second-order valence-electron chi connectivity index (χ2n) is 4.64. The molecule has 0 bridgehead atoms. The number of aliphatic hydroxyl groups is 1. The number of rotatable bonds is 2. The van der Waals surface area contributed by atoms with Crippen LogP contribution in [0, 0.1) is 6.92 Å². The molecule has 6 heteroatoms.